The standard InChI is InChI=1S/C35H35NO3/c1-35(2,3)30-20-18-25(17-19-26(37)21-24-11-5-4-6-12-24)22-31(30)36-34(38)23-29-27-13-7-9-15-32(27)39-33-16-10-8-14-28(29)33/h4-16,18,20,22,29H,17,19,21,23H2,1-3H3,(H,36,38). The van der Waals surface area contributed by atoms with Crippen LogP contribution in [0.1, 0.15) is 67.3 Å². The van der Waals surface area contributed by atoms with E-state index in [9.17, 15) is 9.59 Å². The lowest BCUT2D eigenvalue weighted by Crippen LogP contribution is -2.22. The highest BCUT2D eigenvalue weighted by Crippen LogP contribution is 2.45. The number of benzene rings is 4. The molecule has 0 aliphatic carbocycles. The molecule has 0 saturated carbocycles. The van der Waals surface area contributed by atoms with Crippen LogP contribution in [0.25, 0.3) is 0 Å². The zero-order chi connectivity index (χ0) is 27.4. The Morgan fingerprint density at radius 3 is 2.03 bits per heavy atom. The Labute approximate surface area is 231 Å². The zero-order valence-electron chi connectivity index (χ0n) is 22.9. The highest BCUT2D eigenvalue weighted by Gasteiger charge is 2.29. The normalized spacial score (nSPS) is 12.7. The van der Waals surface area contributed by atoms with E-state index in [1.165, 1.54) is 0 Å². The number of aryl methyl sites for hydroxylation is 1. The molecule has 4 heteroatoms. The Balaban J connectivity index is 1.33. The van der Waals surface area contributed by atoms with Gasteiger partial charge in [0.15, 0.2) is 0 Å². The second-order valence-corrected chi connectivity index (χ2v) is 11.3. The summed E-state index contributed by atoms with van der Waals surface area (Å²) in [5, 5.41) is 3.23. The van der Waals surface area contributed by atoms with Gasteiger partial charge in [-0.1, -0.05) is 99.6 Å². The molecule has 4 nitrogen and oxygen atoms in total. The van der Waals surface area contributed by atoms with E-state index < -0.39 is 0 Å². The molecule has 1 aliphatic heterocycles. The molecule has 5 rings (SSSR count). The molecule has 0 saturated heterocycles. The van der Waals surface area contributed by atoms with Gasteiger partial charge in [-0.3, -0.25) is 9.59 Å². The van der Waals surface area contributed by atoms with E-state index in [0.29, 0.717) is 25.7 Å². The van der Waals surface area contributed by atoms with E-state index in [0.717, 1.165) is 45.0 Å². The third kappa shape index (κ3) is 6.28. The van der Waals surface area contributed by atoms with Crippen LogP contribution in [0, 0.1) is 0 Å². The fourth-order valence-electron chi connectivity index (χ4n) is 5.32. The van der Waals surface area contributed by atoms with Crippen LogP contribution < -0.4 is 10.1 Å². The molecule has 0 unspecified atom stereocenters. The van der Waals surface area contributed by atoms with Gasteiger partial charge in [-0.15, -0.1) is 0 Å². The lowest BCUT2D eigenvalue weighted by Gasteiger charge is -2.28. The monoisotopic (exact) mass is 517 g/mol. The first kappa shape index (κ1) is 26.4. The van der Waals surface area contributed by atoms with Crippen LogP contribution in [0.2, 0.25) is 0 Å². The number of Topliss-reactive ketones (excluding diaryl/α,β-unsaturated/α-hetero) is 1. The summed E-state index contributed by atoms with van der Waals surface area (Å²) in [5.41, 5.74) is 5.86. The van der Waals surface area contributed by atoms with E-state index in [-0.39, 0.29) is 23.0 Å². The molecular weight excluding hydrogens is 482 g/mol. The van der Waals surface area contributed by atoms with Gasteiger partial charge in [0.25, 0.3) is 0 Å². The van der Waals surface area contributed by atoms with Crippen LogP contribution in [0.3, 0.4) is 0 Å². The number of para-hydroxylation sites is 2. The molecule has 39 heavy (non-hydrogen) atoms. The summed E-state index contributed by atoms with van der Waals surface area (Å²) >= 11 is 0. The Hall–Kier alpha value is -4.18. The summed E-state index contributed by atoms with van der Waals surface area (Å²) in [6, 6.07) is 31.9. The van der Waals surface area contributed by atoms with Crippen molar-refractivity contribution >= 4 is 17.4 Å². The van der Waals surface area contributed by atoms with Gasteiger partial charge in [-0.05, 0) is 46.7 Å². The Kier molecular flexibility index (Phi) is 7.65. The molecule has 1 amide bonds. The van der Waals surface area contributed by atoms with Gasteiger partial charge in [0, 0.05) is 42.0 Å². The number of anilines is 1. The third-order valence-electron chi connectivity index (χ3n) is 7.30. The third-order valence-corrected chi connectivity index (χ3v) is 7.30. The maximum Gasteiger partial charge on any atom is 0.225 e. The molecule has 4 aromatic carbocycles. The molecule has 0 radical (unpaired) electrons. The predicted octanol–water partition coefficient (Wildman–Crippen LogP) is 7.99. The average Bonchev–Trinajstić information content (AvgIpc) is 2.92. The van der Waals surface area contributed by atoms with Gasteiger partial charge >= 0.3 is 0 Å². The van der Waals surface area contributed by atoms with E-state index in [1.807, 2.05) is 84.9 Å². The van der Waals surface area contributed by atoms with Crippen molar-refractivity contribution in [2.45, 2.75) is 57.8 Å². The first-order valence-electron chi connectivity index (χ1n) is 13.6. The minimum atomic E-state index is -0.151. The fourth-order valence-corrected chi connectivity index (χ4v) is 5.32. The number of carbonyl (C=O) groups excluding carboxylic acids is 2. The van der Waals surface area contributed by atoms with Gasteiger partial charge in [0.05, 0.1) is 0 Å². The fraction of sp³-hybridized carbons (Fsp3) is 0.257. The van der Waals surface area contributed by atoms with Gasteiger partial charge in [0.2, 0.25) is 5.91 Å². The van der Waals surface area contributed by atoms with Gasteiger partial charge in [-0.25, -0.2) is 0 Å². The van der Waals surface area contributed by atoms with Crippen molar-refractivity contribution in [3.05, 3.63) is 125 Å². The molecule has 198 valence electrons. The quantitative estimate of drug-likeness (QED) is 0.258. The Morgan fingerprint density at radius 1 is 0.769 bits per heavy atom. The number of hydrogen-bond acceptors (Lipinski definition) is 3. The Bertz CT molecular complexity index is 1440. The number of hydrogen-bond donors (Lipinski definition) is 1. The highest BCUT2D eigenvalue weighted by molar-refractivity contribution is 5.93. The van der Waals surface area contributed by atoms with Crippen LogP contribution >= 0.6 is 0 Å². The largest absolute Gasteiger partial charge is 0.457 e. The molecule has 1 heterocycles. The Morgan fingerprint density at radius 2 is 1.38 bits per heavy atom. The van der Waals surface area contributed by atoms with Crippen LogP contribution in [-0.4, -0.2) is 11.7 Å². The second kappa shape index (κ2) is 11.3. The molecule has 0 atom stereocenters. The second-order valence-electron chi connectivity index (χ2n) is 11.3. The minimum absolute atomic E-state index is 0.0469. The number of ketones is 1. The number of rotatable bonds is 8. The smallest absolute Gasteiger partial charge is 0.225 e. The van der Waals surface area contributed by atoms with E-state index in [2.05, 4.69) is 38.2 Å². The highest BCUT2D eigenvalue weighted by atomic mass is 16.5. The number of nitrogens with one attached hydrogen (secondary N) is 1. The number of ether oxygens (including phenoxy) is 1. The molecule has 0 spiro atoms. The van der Waals surface area contributed by atoms with E-state index in [1.54, 1.807) is 0 Å². The molecule has 1 N–H and O–H groups in total. The summed E-state index contributed by atoms with van der Waals surface area (Å²) in [5.74, 6) is 1.67. The van der Waals surface area contributed by atoms with Crippen molar-refractivity contribution in [3.63, 3.8) is 0 Å². The number of carbonyl (C=O) groups is 2. The predicted molar refractivity (Wildman–Crippen MR) is 157 cm³/mol. The van der Waals surface area contributed by atoms with Crippen LogP contribution in [-0.2, 0) is 27.8 Å². The van der Waals surface area contributed by atoms with Crippen molar-refractivity contribution in [2.24, 2.45) is 0 Å². The molecule has 0 fully saturated rings. The maximum atomic E-state index is 13.6. The number of amides is 1. The summed E-state index contributed by atoms with van der Waals surface area (Å²) in [6.45, 7) is 6.43. The van der Waals surface area contributed by atoms with Gasteiger partial charge in [0.1, 0.15) is 17.3 Å². The first-order chi connectivity index (χ1) is 18.8. The van der Waals surface area contributed by atoms with Crippen molar-refractivity contribution in [1.29, 1.82) is 0 Å². The summed E-state index contributed by atoms with van der Waals surface area (Å²) < 4.78 is 6.11. The van der Waals surface area contributed by atoms with Crippen molar-refractivity contribution in [2.75, 3.05) is 5.32 Å². The lowest BCUT2D eigenvalue weighted by atomic mass is 9.84. The zero-order valence-corrected chi connectivity index (χ0v) is 22.9. The van der Waals surface area contributed by atoms with Crippen molar-refractivity contribution < 1.29 is 14.3 Å². The first-order valence-corrected chi connectivity index (χ1v) is 13.6. The van der Waals surface area contributed by atoms with Crippen LogP contribution in [0.4, 0.5) is 5.69 Å². The summed E-state index contributed by atoms with van der Waals surface area (Å²) in [7, 11) is 0. The van der Waals surface area contributed by atoms with Gasteiger partial charge in [-0.2, -0.15) is 0 Å². The lowest BCUT2D eigenvalue weighted by molar-refractivity contribution is -0.118. The van der Waals surface area contributed by atoms with Crippen molar-refractivity contribution in [3.8, 4) is 11.5 Å². The molecule has 4 aromatic rings. The number of fused-ring (bicyclic) bond motifs is 2. The minimum Gasteiger partial charge on any atom is -0.457 e. The van der Waals surface area contributed by atoms with Gasteiger partial charge < -0.3 is 10.1 Å². The van der Waals surface area contributed by atoms with E-state index in [4.69, 9.17) is 4.74 Å². The summed E-state index contributed by atoms with van der Waals surface area (Å²) in [4.78, 5) is 26.2. The SMILES string of the molecule is CC(C)(C)c1ccc(CCC(=O)Cc2ccccc2)cc1NC(=O)CC1c2ccccc2Oc2ccccc21. The van der Waals surface area contributed by atoms with Crippen molar-refractivity contribution in [1.82, 2.24) is 0 Å². The molecule has 0 aromatic heterocycles. The topological polar surface area (TPSA) is 55.4 Å². The maximum absolute atomic E-state index is 13.6. The molecule has 1 aliphatic rings. The van der Waals surface area contributed by atoms with Crippen LogP contribution in [0.5, 0.6) is 11.5 Å². The van der Waals surface area contributed by atoms with Crippen LogP contribution in [0.15, 0.2) is 97.1 Å². The summed E-state index contributed by atoms with van der Waals surface area (Å²) in [6.07, 6.45) is 1.85. The molecule has 0 bridgehead atoms. The average molecular weight is 518 g/mol. The molecular formula is C35H35NO3. The van der Waals surface area contributed by atoms with E-state index >= 15 is 0 Å².